The largest absolute Gasteiger partial charge is 0.325 e. The quantitative estimate of drug-likeness (QED) is 0.716. The number of carbonyl (C=O) groups excluding carboxylic acids is 1. The van der Waals surface area contributed by atoms with Crippen LogP contribution < -0.4 is 15.4 Å². The summed E-state index contributed by atoms with van der Waals surface area (Å²) in [5.74, 6) is -0.216. The van der Waals surface area contributed by atoms with Crippen LogP contribution in [0.15, 0.2) is 14.6 Å². The average Bonchev–Trinajstić information content (AvgIpc) is 2.53. The molecule has 7 nitrogen and oxygen atoms in total. The highest BCUT2D eigenvalue weighted by Crippen LogP contribution is 2.20. The van der Waals surface area contributed by atoms with Crippen LogP contribution in [-0.4, -0.2) is 26.3 Å². The second kappa shape index (κ2) is 5.04. The summed E-state index contributed by atoms with van der Waals surface area (Å²) in [6.45, 7) is 0. The maximum atomic E-state index is 11.7. The first-order valence-corrected chi connectivity index (χ1v) is 7.33. The standard InChI is InChI=1S/C8H10Cl2N4O3S/c9-6(10)5-7(12-8(15)11-5)14-18(16,17)13-4-2-1-3-4/h4,13H,1-3H2,(H2,11,12,14,15). The number of halogens is 2. The highest BCUT2D eigenvalue weighted by molar-refractivity contribution is 7.88. The van der Waals surface area contributed by atoms with Crippen LogP contribution in [0.3, 0.4) is 0 Å². The zero-order valence-electron chi connectivity index (χ0n) is 9.03. The van der Waals surface area contributed by atoms with Gasteiger partial charge < -0.3 is 5.32 Å². The SMILES string of the molecule is O=C1NC(=NS(=O)(=O)NC2CCC2)C(=C(Cl)Cl)N1. The summed E-state index contributed by atoms with van der Waals surface area (Å²) in [6.07, 6.45) is 2.56. The van der Waals surface area contributed by atoms with Gasteiger partial charge >= 0.3 is 16.2 Å². The summed E-state index contributed by atoms with van der Waals surface area (Å²) in [6, 6.07) is -0.732. The molecule has 1 saturated carbocycles. The molecule has 0 radical (unpaired) electrons. The lowest BCUT2D eigenvalue weighted by Gasteiger charge is -2.24. The van der Waals surface area contributed by atoms with Gasteiger partial charge in [0, 0.05) is 6.04 Å². The monoisotopic (exact) mass is 312 g/mol. The summed E-state index contributed by atoms with van der Waals surface area (Å²) in [5.41, 5.74) is -0.0534. The number of nitrogens with zero attached hydrogens (tertiary/aromatic N) is 1. The van der Waals surface area contributed by atoms with Crippen molar-refractivity contribution in [1.82, 2.24) is 15.4 Å². The molecule has 2 rings (SSSR count). The molecule has 100 valence electrons. The second-order valence-corrected chi connectivity index (χ2v) is 6.19. The van der Waals surface area contributed by atoms with Crippen LogP contribution in [-0.2, 0) is 10.2 Å². The lowest BCUT2D eigenvalue weighted by atomic mass is 9.94. The van der Waals surface area contributed by atoms with E-state index in [1.807, 2.05) is 0 Å². The van der Waals surface area contributed by atoms with E-state index in [0.717, 1.165) is 19.3 Å². The van der Waals surface area contributed by atoms with Crippen molar-refractivity contribution >= 4 is 45.3 Å². The summed E-state index contributed by atoms with van der Waals surface area (Å²) in [7, 11) is -3.88. The maximum Gasteiger partial charge on any atom is 0.325 e. The number of nitrogens with one attached hydrogen (secondary N) is 3. The number of amides is 2. The summed E-state index contributed by atoms with van der Waals surface area (Å²) < 4.78 is 28.9. The summed E-state index contributed by atoms with van der Waals surface area (Å²) in [5, 5.41) is 4.45. The number of hydrogen-bond donors (Lipinski definition) is 3. The van der Waals surface area contributed by atoms with Gasteiger partial charge in [0.2, 0.25) is 0 Å². The highest BCUT2D eigenvalue weighted by Gasteiger charge is 2.28. The molecule has 0 unspecified atom stereocenters. The normalized spacial score (nSPS) is 22.7. The van der Waals surface area contributed by atoms with Gasteiger partial charge in [0.15, 0.2) is 5.84 Å². The van der Waals surface area contributed by atoms with E-state index in [-0.39, 0.29) is 22.1 Å². The third-order valence-corrected chi connectivity index (χ3v) is 3.96. The molecular formula is C8H10Cl2N4O3S. The van der Waals surface area contributed by atoms with Crippen LogP contribution >= 0.6 is 23.2 Å². The summed E-state index contributed by atoms with van der Waals surface area (Å²) >= 11 is 11.0. The van der Waals surface area contributed by atoms with Crippen LogP contribution in [0.2, 0.25) is 0 Å². The zero-order chi connectivity index (χ0) is 13.3. The molecule has 1 aliphatic heterocycles. The van der Waals surface area contributed by atoms with Gasteiger partial charge in [0.05, 0.1) is 0 Å². The molecule has 3 N–H and O–H groups in total. The smallest absolute Gasteiger partial charge is 0.302 e. The Hall–Kier alpha value is -0.830. The number of urea groups is 1. The highest BCUT2D eigenvalue weighted by atomic mass is 35.5. The van der Waals surface area contributed by atoms with Crippen molar-refractivity contribution in [2.75, 3.05) is 0 Å². The molecule has 0 aromatic carbocycles. The van der Waals surface area contributed by atoms with Crippen LogP contribution in [0.25, 0.3) is 0 Å². The average molecular weight is 313 g/mol. The number of carbonyl (C=O) groups is 1. The van der Waals surface area contributed by atoms with Crippen molar-refractivity contribution in [3.8, 4) is 0 Å². The fourth-order valence-electron chi connectivity index (χ4n) is 1.46. The first-order valence-electron chi connectivity index (χ1n) is 5.13. The topological polar surface area (TPSA) is 99.7 Å². The molecule has 2 amide bonds. The van der Waals surface area contributed by atoms with Crippen molar-refractivity contribution in [1.29, 1.82) is 0 Å². The predicted molar refractivity (Wildman–Crippen MR) is 67.5 cm³/mol. The minimum Gasteiger partial charge on any atom is -0.302 e. The lowest BCUT2D eigenvalue weighted by Crippen LogP contribution is -2.39. The van der Waals surface area contributed by atoms with Crippen molar-refractivity contribution in [3.63, 3.8) is 0 Å². The first kappa shape index (κ1) is 13.6. The van der Waals surface area contributed by atoms with Gasteiger partial charge in [-0.1, -0.05) is 29.6 Å². The van der Waals surface area contributed by atoms with Crippen molar-refractivity contribution in [3.05, 3.63) is 10.2 Å². The first-order chi connectivity index (χ1) is 8.37. The van der Waals surface area contributed by atoms with Crippen molar-refractivity contribution < 1.29 is 13.2 Å². The van der Waals surface area contributed by atoms with E-state index in [1.54, 1.807) is 0 Å². The maximum absolute atomic E-state index is 11.7. The molecule has 0 spiro atoms. The summed E-state index contributed by atoms with van der Waals surface area (Å²) in [4.78, 5) is 11.1. The fourth-order valence-corrected chi connectivity index (χ4v) is 2.82. The van der Waals surface area contributed by atoms with Crippen molar-refractivity contribution in [2.45, 2.75) is 25.3 Å². The van der Waals surface area contributed by atoms with Crippen LogP contribution in [0.1, 0.15) is 19.3 Å². The van der Waals surface area contributed by atoms with E-state index < -0.39 is 16.2 Å². The van der Waals surface area contributed by atoms with Crippen LogP contribution in [0, 0.1) is 0 Å². The number of rotatable bonds is 3. The molecule has 0 aromatic heterocycles. The van der Waals surface area contributed by atoms with Gasteiger partial charge in [-0.15, -0.1) is 4.40 Å². The van der Waals surface area contributed by atoms with E-state index in [1.165, 1.54) is 0 Å². The molecule has 2 fully saturated rings. The van der Waals surface area contributed by atoms with Gasteiger partial charge in [-0.3, -0.25) is 5.32 Å². The van der Waals surface area contributed by atoms with Gasteiger partial charge in [0.25, 0.3) is 0 Å². The Bertz CT molecular complexity index is 535. The molecule has 0 bridgehead atoms. The third-order valence-electron chi connectivity index (χ3n) is 2.53. The van der Waals surface area contributed by atoms with E-state index in [4.69, 9.17) is 23.2 Å². The molecule has 1 heterocycles. The molecule has 1 aliphatic carbocycles. The minimum absolute atomic E-state index is 0.0534. The molecule has 18 heavy (non-hydrogen) atoms. The van der Waals surface area contributed by atoms with Gasteiger partial charge in [0.1, 0.15) is 10.2 Å². The Labute approximate surface area is 114 Å². The molecule has 0 aromatic rings. The van der Waals surface area contributed by atoms with Crippen LogP contribution in [0.4, 0.5) is 4.79 Å². The Kier molecular flexibility index (Phi) is 3.81. The minimum atomic E-state index is -3.88. The Morgan fingerprint density at radius 1 is 1.33 bits per heavy atom. The van der Waals surface area contributed by atoms with Crippen LogP contribution in [0.5, 0.6) is 0 Å². The lowest BCUT2D eigenvalue weighted by molar-refractivity contribution is 0.250. The molecule has 2 aliphatic rings. The van der Waals surface area contributed by atoms with E-state index in [0.29, 0.717) is 0 Å². The predicted octanol–water partition coefficient (Wildman–Crippen LogP) is 0.731. The Balaban J connectivity index is 2.20. The van der Waals surface area contributed by atoms with Crippen molar-refractivity contribution in [2.24, 2.45) is 4.40 Å². The zero-order valence-corrected chi connectivity index (χ0v) is 11.4. The number of hydrogen-bond acceptors (Lipinski definition) is 3. The second-order valence-electron chi connectivity index (χ2n) is 3.88. The van der Waals surface area contributed by atoms with E-state index in [9.17, 15) is 13.2 Å². The number of amidine groups is 1. The van der Waals surface area contributed by atoms with E-state index in [2.05, 4.69) is 19.8 Å². The molecule has 10 heteroatoms. The Morgan fingerprint density at radius 2 is 2.00 bits per heavy atom. The van der Waals surface area contributed by atoms with Gasteiger partial charge in [-0.05, 0) is 12.8 Å². The fraction of sp³-hybridized carbons (Fsp3) is 0.500. The van der Waals surface area contributed by atoms with E-state index >= 15 is 0 Å². The molecule has 1 saturated heterocycles. The van der Waals surface area contributed by atoms with Gasteiger partial charge in [-0.25, -0.2) is 4.79 Å². The third kappa shape index (κ3) is 3.14. The molecule has 0 atom stereocenters. The molecular weight excluding hydrogens is 303 g/mol. The Morgan fingerprint density at radius 3 is 2.50 bits per heavy atom. The van der Waals surface area contributed by atoms with Gasteiger partial charge in [-0.2, -0.15) is 13.1 Å².